The predicted molar refractivity (Wildman–Crippen MR) is 137 cm³/mol. The monoisotopic (exact) mass is 502 g/mol. The van der Waals surface area contributed by atoms with E-state index in [0.29, 0.717) is 11.8 Å². The summed E-state index contributed by atoms with van der Waals surface area (Å²) in [5, 5.41) is 13.2. The number of nitrogens with one attached hydrogen (secondary N) is 1. The Kier molecular flexibility index (Phi) is 6.22. The van der Waals surface area contributed by atoms with Crippen LogP contribution in [0, 0.1) is 18.8 Å². The molecule has 1 aromatic carbocycles. The summed E-state index contributed by atoms with van der Waals surface area (Å²) in [7, 11) is 1.54. The Hall–Kier alpha value is -4.50. The summed E-state index contributed by atoms with van der Waals surface area (Å²) in [4.78, 5) is 54.7. The number of piperazine rings is 1. The molecule has 0 radical (unpaired) electrons. The fourth-order valence-electron chi connectivity index (χ4n) is 4.63. The van der Waals surface area contributed by atoms with Gasteiger partial charge in [0.25, 0.3) is 5.56 Å². The molecule has 37 heavy (non-hydrogen) atoms. The highest BCUT2D eigenvalue weighted by molar-refractivity contribution is 5.84. The molecular weight excluding hydrogens is 476 g/mol. The van der Waals surface area contributed by atoms with E-state index in [1.807, 2.05) is 31.2 Å². The number of hydrogen-bond donors (Lipinski definition) is 2. The summed E-state index contributed by atoms with van der Waals surface area (Å²) in [6.07, 6.45) is 0. The standard InChI is InChI=1S/C25H26N8O4/c1-4-5-10-32-21-22(29-24(32)31-11-16(14-34)27-20(35)13-31)30(3)25(37)33(23(21)36)12-19-26-15(2)17-8-6-7-9-18(17)28-19/h6-9,16,34H,10-14H2,1-3H3,(H,27,35)/t16-/m0/s1. The molecule has 0 saturated carbocycles. The minimum Gasteiger partial charge on any atom is -0.394 e. The molecule has 4 aromatic rings. The van der Waals surface area contributed by atoms with Crippen LogP contribution in [0.1, 0.15) is 18.4 Å². The van der Waals surface area contributed by atoms with Crippen molar-refractivity contribution in [1.29, 1.82) is 0 Å². The summed E-state index contributed by atoms with van der Waals surface area (Å²) in [6.45, 7) is 3.59. The molecule has 1 amide bonds. The Balaban J connectivity index is 1.68. The van der Waals surface area contributed by atoms with Crippen LogP contribution in [0.5, 0.6) is 0 Å². The van der Waals surface area contributed by atoms with Crippen LogP contribution in [0.2, 0.25) is 0 Å². The van der Waals surface area contributed by atoms with Crippen molar-refractivity contribution in [3.05, 3.63) is 56.6 Å². The third-order valence-electron chi connectivity index (χ3n) is 6.41. The average Bonchev–Trinajstić information content (AvgIpc) is 3.28. The van der Waals surface area contributed by atoms with E-state index >= 15 is 0 Å². The van der Waals surface area contributed by atoms with Gasteiger partial charge in [0, 0.05) is 24.7 Å². The van der Waals surface area contributed by atoms with E-state index in [9.17, 15) is 19.5 Å². The first-order valence-electron chi connectivity index (χ1n) is 11.8. The van der Waals surface area contributed by atoms with Crippen molar-refractivity contribution >= 4 is 33.9 Å². The number of carbonyl (C=O) groups excluding carboxylic acids is 1. The molecular formula is C25H26N8O4. The lowest BCUT2D eigenvalue weighted by Gasteiger charge is -2.32. The number of rotatable bonds is 5. The smallest absolute Gasteiger partial charge is 0.332 e. The zero-order valence-electron chi connectivity index (χ0n) is 20.7. The molecule has 4 heterocycles. The molecule has 12 heteroatoms. The number of nitrogens with zero attached hydrogens (tertiary/aromatic N) is 7. The second-order valence-electron chi connectivity index (χ2n) is 8.90. The van der Waals surface area contributed by atoms with E-state index in [2.05, 4.69) is 32.1 Å². The Morgan fingerprint density at radius 3 is 2.68 bits per heavy atom. The van der Waals surface area contributed by atoms with E-state index < -0.39 is 17.3 Å². The number of anilines is 1. The second-order valence-corrected chi connectivity index (χ2v) is 8.90. The minimum atomic E-state index is -0.561. The number of aliphatic hydroxyl groups is 1. The van der Waals surface area contributed by atoms with Gasteiger partial charge in [-0.3, -0.25) is 23.3 Å². The molecule has 0 bridgehead atoms. The minimum absolute atomic E-state index is 0.00822. The van der Waals surface area contributed by atoms with Gasteiger partial charge in [-0.1, -0.05) is 24.1 Å². The van der Waals surface area contributed by atoms with Gasteiger partial charge in [-0.25, -0.2) is 14.8 Å². The van der Waals surface area contributed by atoms with Crippen molar-refractivity contribution in [3.63, 3.8) is 0 Å². The molecule has 5 rings (SSSR count). The molecule has 1 aliphatic heterocycles. The van der Waals surface area contributed by atoms with E-state index in [1.165, 1.54) is 4.57 Å². The molecule has 0 unspecified atom stereocenters. The van der Waals surface area contributed by atoms with Gasteiger partial charge in [0.2, 0.25) is 11.9 Å². The van der Waals surface area contributed by atoms with E-state index in [0.717, 1.165) is 21.2 Å². The summed E-state index contributed by atoms with van der Waals surface area (Å²) < 4.78 is 4.01. The molecule has 3 aromatic heterocycles. The van der Waals surface area contributed by atoms with Gasteiger partial charge in [-0.2, -0.15) is 4.98 Å². The van der Waals surface area contributed by atoms with Gasteiger partial charge in [0.05, 0.1) is 37.8 Å². The van der Waals surface area contributed by atoms with Crippen LogP contribution in [-0.2, 0) is 24.9 Å². The van der Waals surface area contributed by atoms with Gasteiger partial charge in [0.15, 0.2) is 11.2 Å². The van der Waals surface area contributed by atoms with E-state index in [4.69, 9.17) is 0 Å². The lowest BCUT2D eigenvalue weighted by atomic mass is 10.2. The highest BCUT2D eigenvalue weighted by Gasteiger charge is 2.30. The number of imidazole rings is 1. The van der Waals surface area contributed by atoms with Gasteiger partial charge < -0.3 is 15.3 Å². The lowest BCUT2D eigenvalue weighted by molar-refractivity contribution is -0.121. The molecule has 0 spiro atoms. The molecule has 190 valence electrons. The first kappa shape index (κ1) is 24.2. The molecule has 0 aliphatic carbocycles. The zero-order chi connectivity index (χ0) is 26.3. The number of benzene rings is 1. The SMILES string of the molecule is CC#CCn1c(N2CC(=O)N[C@H](CO)C2)nc2c1c(=O)n(Cc1nc(C)c3ccccc3n1)c(=O)n2C. The second kappa shape index (κ2) is 9.51. The van der Waals surface area contributed by atoms with Crippen LogP contribution < -0.4 is 21.5 Å². The van der Waals surface area contributed by atoms with Crippen LogP contribution in [-0.4, -0.2) is 65.4 Å². The van der Waals surface area contributed by atoms with Crippen molar-refractivity contribution in [1.82, 2.24) is 34.0 Å². The van der Waals surface area contributed by atoms with Gasteiger partial charge in [-0.05, 0) is 19.9 Å². The summed E-state index contributed by atoms with van der Waals surface area (Å²) >= 11 is 0. The maximum atomic E-state index is 13.8. The van der Waals surface area contributed by atoms with E-state index in [-0.39, 0.29) is 49.9 Å². The maximum Gasteiger partial charge on any atom is 0.332 e. The first-order chi connectivity index (χ1) is 17.8. The van der Waals surface area contributed by atoms with Crippen LogP contribution in [0.3, 0.4) is 0 Å². The summed E-state index contributed by atoms with van der Waals surface area (Å²) in [6, 6.07) is 7.06. The van der Waals surface area contributed by atoms with Crippen molar-refractivity contribution < 1.29 is 9.90 Å². The Labute approximate surface area is 211 Å². The number of carbonyl (C=O) groups is 1. The van der Waals surface area contributed by atoms with Crippen molar-refractivity contribution in [2.75, 3.05) is 24.6 Å². The summed E-state index contributed by atoms with van der Waals surface area (Å²) in [5.74, 6) is 6.16. The summed E-state index contributed by atoms with van der Waals surface area (Å²) in [5.41, 5.74) is 0.728. The van der Waals surface area contributed by atoms with Crippen molar-refractivity contribution in [2.24, 2.45) is 7.05 Å². The van der Waals surface area contributed by atoms with Crippen molar-refractivity contribution in [2.45, 2.75) is 33.0 Å². The molecule has 2 N–H and O–H groups in total. The Bertz CT molecular complexity index is 1720. The Morgan fingerprint density at radius 1 is 1.14 bits per heavy atom. The largest absolute Gasteiger partial charge is 0.394 e. The number of amides is 1. The predicted octanol–water partition coefficient (Wildman–Crippen LogP) is -0.483. The quantitative estimate of drug-likeness (QED) is 0.349. The van der Waals surface area contributed by atoms with Gasteiger partial charge in [-0.15, -0.1) is 5.92 Å². The molecule has 1 fully saturated rings. The van der Waals surface area contributed by atoms with Gasteiger partial charge in [0.1, 0.15) is 5.82 Å². The van der Waals surface area contributed by atoms with Crippen LogP contribution in [0.25, 0.3) is 22.1 Å². The zero-order valence-corrected chi connectivity index (χ0v) is 20.7. The number of aliphatic hydroxyl groups excluding tert-OH is 1. The van der Waals surface area contributed by atoms with E-state index in [1.54, 1.807) is 23.4 Å². The fraction of sp³-hybridized carbons (Fsp3) is 0.360. The maximum absolute atomic E-state index is 13.8. The third-order valence-corrected chi connectivity index (χ3v) is 6.41. The van der Waals surface area contributed by atoms with Crippen LogP contribution in [0.4, 0.5) is 5.95 Å². The number of para-hydroxylation sites is 1. The van der Waals surface area contributed by atoms with Gasteiger partial charge >= 0.3 is 5.69 Å². The number of aromatic nitrogens is 6. The fourth-order valence-corrected chi connectivity index (χ4v) is 4.63. The van der Waals surface area contributed by atoms with Crippen LogP contribution in [0.15, 0.2) is 33.9 Å². The highest BCUT2D eigenvalue weighted by Crippen LogP contribution is 2.21. The first-order valence-corrected chi connectivity index (χ1v) is 11.8. The van der Waals surface area contributed by atoms with Crippen molar-refractivity contribution in [3.8, 4) is 11.8 Å². The number of aryl methyl sites for hydroxylation is 2. The average molecular weight is 503 g/mol. The molecule has 1 atom stereocenters. The molecule has 12 nitrogen and oxygen atoms in total. The topological polar surface area (TPSA) is 140 Å². The van der Waals surface area contributed by atoms with Crippen LogP contribution >= 0.6 is 0 Å². The molecule has 1 saturated heterocycles. The number of fused-ring (bicyclic) bond motifs is 2. The number of hydrogen-bond acceptors (Lipinski definition) is 8. The highest BCUT2D eigenvalue weighted by atomic mass is 16.3. The molecule has 1 aliphatic rings. The lowest BCUT2D eigenvalue weighted by Crippen LogP contribution is -2.56. The normalized spacial score (nSPS) is 15.6. The third kappa shape index (κ3) is 4.23. The Morgan fingerprint density at radius 2 is 1.92 bits per heavy atom.